The summed E-state index contributed by atoms with van der Waals surface area (Å²) in [5.74, 6) is -0.490. The van der Waals surface area contributed by atoms with Crippen molar-refractivity contribution in [1.29, 1.82) is 0 Å². The van der Waals surface area contributed by atoms with Crippen LogP contribution in [-0.4, -0.2) is 30.8 Å². The van der Waals surface area contributed by atoms with Crippen LogP contribution in [0.4, 0.5) is 4.79 Å². The summed E-state index contributed by atoms with van der Waals surface area (Å²) < 4.78 is 10.1. The zero-order valence-electron chi connectivity index (χ0n) is 16.2. The molecule has 1 unspecified atom stereocenters. The topological polar surface area (TPSA) is 64.6 Å². The van der Waals surface area contributed by atoms with Crippen molar-refractivity contribution in [2.24, 2.45) is 5.41 Å². The number of hydrogen-bond acceptors (Lipinski definition) is 4. The van der Waals surface area contributed by atoms with Crippen LogP contribution in [0.15, 0.2) is 24.3 Å². The van der Waals surface area contributed by atoms with Crippen LogP contribution in [-0.2, 0) is 14.3 Å². The lowest BCUT2D eigenvalue weighted by molar-refractivity contribution is -0.143. The van der Waals surface area contributed by atoms with Crippen LogP contribution in [0.1, 0.15) is 60.8 Å². The van der Waals surface area contributed by atoms with E-state index in [9.17, 15) is 9.59 Å². The molecule has 0 heterocycles. The van der Waals surface area contributed by atoms with E-state index in [0.717, 1.165) is 12.8 Å². The Kier molecular flexibility index (Phi) is 8.80. The second-order valence-corrected chi connectivity index (χ2v) is 7.60. The Hall–Kier alpha value is -1.78. The normalized spacial score (nSPS) is 14.8. The van der Waals surface area contributed by atoms with Gasteiger partial charge in [0, 0.05) is 0 Å². The number of hydrogen-bond donors (Lipinski definition) is 1. The minimum Gasteiger partial charge on any atom is -0.467 e. The fourth-order valence-corrected chi connectivity index (χ4v) is 2.23. The molecule has 0 aliphatic heterocycles. The molecule has 0 spiro atoms. The van der Waals surface area contributed by atoms with Gasteiger partial charge >= 0.3 is 12.1 Å². The van der Waals surface area contributed by atoms with Gasteiger partial charge in [-0.25, -0.2) is 9.59 Å². The minimum atomic E-state index is -0.778. The number of amides is 1. The molecular weight excluding hydrogens is 306 g/mol. The molecule has 0 fully saturated rings. The van der Waals surface area contributed by atoms with Crippen molar-refractivity contribution in [2.45, 2.75) is 72.4 Å². The van der Waals surface area contributed by atoms with Crippen molar-refractivity contribution < 1.29 is 19.1 Å². The predicted octanol–water partition coefficient (Wildman–Crippen LogP) is 4.38. The van der Waals surface area contributed by atoms with E-state index < -0.39 is 23.7 Å². The van der Waals surface area contributed by atoms with Gasteiger partial charge in [0.1, 0.15) is 11.6 Å². The lowest BCUT2D eigenvalue weighted by Crippen LogP contribution is -2.46. The first-order chi connectivity index (χ1) is 10.9. The van der Waals surface area contributed by atoms with E-state index >= 15 is 0 Å². The van der Waals surface area contributed by atoms with Gasteiger partial charge in [0.05, 0.1) is 7.11 Å². The minimum absolute atomic E-state index is 0.306. The second kappa shape index (κ2) is 9.50. The molecule has 5 nitrogen and oxygen atoms in total. The Morgan fingerprint density at radius 2 is 1.79 bits per heavy atom. The largest absolute Gasteiger partial charge is 0.467 e. The van der Waals surface area contributed by atoms with E-state index in [1.165, 1.54) is 12.7 Å². The van der Waals surface area contributed by atoms with Crippen LogP contribution in [0.5, 0.6) is 0 Å². The molecule has 0 aromatic carbocycles. The van der Waals surface area contributed by atoms with Gasteiger partial charge in [-0.05, 0) is 59.3 Å². The van der Waals surface area contributed by atoms with Crippen LogP contribution in [0.3, 0.4) is 0 Å². The van der Waals surface area contributed by atoms with E-state index in [1.807, 2.05) is 26.8 Å². The SMILES string of the molecule is C=CC(C)(CCC=C(C)C)C[C@H](NC(=O)OC(C)(C)C)C(=O)OC. The number of rotatable bonds is 8. The standard InChI is InChI=1S/C19H33NO4/c1-9-19(7,12-10-11-14(2)3)13-15(16(21)23-8)20-17(22)24-18(4,5)6/h9,11,15H,1,10,12-13H2,2-8H3,(H,20,22)/t15-,19?/m0/s1. The van der Waals surface area contributed by atoms with Crippen LogP contribution in [0.25, 0.3) is 0 Å². The van der Waals surface area contributed by atoms with Gasteiger partial charge in [-0.1, -0.05) is 24.6 Å². The lowest BCUT2D eigenvalue weighted by atomic mass is 9.79. The molecule has 0 saturated heterocycles. The molecule has 0 rings (SSSR count). The van der Waals surface area contributed by atoms with Crippen LogP contribution >= 0.6 is 0 Å². The maximum atomic E-state index is 12.1. The first-order valence-corrected chi connectivity index (χ1v) is 8.27. The van der Waals surface area contributed by atoms with Crippen molar-refractivity contribution in [3.8, 4) is 0 Å². The number of alkyl carbamates (subject to hydrolysis) is 1. The first kappa shape index (κ1) is 22.2. The average molecular weight is 339 g/mol. The number of nitrogens with one attached hydrogen (secondary N) is 1. The maximum absolute atomic E-state index is 12.1. The van der Waals surface area contributed by atoms with Gasteiger partial charge in [0.2, 0.25) is 0 Å². The molecule has 0 radical (unpaired) electrons. The highest BCUT2D eigenvalue weighted by molar-refractivity contribution is 5.81. The Bertz CT molecular complexity index is 472. The third-order valence-electron chi connectivity index (χ3n) is 3.61. The summed E-state index contributed by atoms with van der Waals surface area (Å²) in [6, 6.07) is -0.778. The molecule has 0 aromatic heterocycles. The summed E-state index contributed by atoms with van der Waals surface area (Å²) in [7, 11) is 1.31. The zero-order chi connectivity index (χ0) is 19.0. The average Bonchev–Trinajstić information content (AvgIpc) is 2.43. The Morgan fingerprint density at radius 3 is 2.21 bits per heavy atom. The molecule has 0 saturated carbocycles. The number of allylic oxidation sites excluding steroid dienone is 3. The van der Waals surface area contributed by atoms with E-state index in [1.54, 1.807) is 20.8 Å². The Labute approximate surface area is 146 Å². The number of methoxy groups -OCH3 is 1. The molecule has 138 valence electrons. The Morgan fingerprint density at radius 1 is 1.21 bits per heavy atom. The van der Waals surface area contributed by atoms with Crippen molar-refractivity contribution in [2.75, 3.05) is 7.11 Å². The van der Waals surface area contributed by atoms with Gasteiger partial charge in [-0.3, -0.25) is 0 Å². The summed E-state index contributed by atoms with van der Waals surface area (Å²) in [4.78, 5) is 24.0. The molecule has 1 amide bonds. The third kappa shape index (κ3) is 9.38. The highest BCUT2D eigenvalue weighted by Gasteiger charge is 2.32. The van der Waals surface area contributed by atoms with Crippen LogP contribution in [0.2, 0.25) is 0 Å². The number of esters is 1. The predicted molar refractivity (Wildman–Crippen MR) is 96.8 cm³/mol. The fourth-order valence-electron chi connectivity index (χ4n) is 2.23. The number of ether oxygens (including phenoxy) is 2. The molecule has 2 atom stereocenters. The molecule has 5 heteroatoms. The fraction of sp³-hybridized carbons (Fsp3) is 0.684. The molecule has 0 aliphatic rings. The van der Waals surface area contributed by atoms with E-state index in [0.29, 0.717) is 6.42 Å². The van der Waals surface area contributed by atoms with Crippen molar-refractivity contribution in [1.82, 2.24) is 5.32 Å². The van der Waals surface area contributed by atoms with E-state index in [-0.39, 0.29) is 5.41 Å². The van der Waals surface area contributed by atoms with Crippen LogP contribution < -0.4 is 5.32 Å². The Balaban J connectivity index is 5.03. The summed E-state index contributed by atoms with van der Waals surface area (Å²) in [6.45, 7) is 15.3. The lowest BCUT2D eigenvalue weighted by Gasteiger charge is -2.30. The third-order valence-corrected chi connectivity index (χ3v) is 3.61. The van der Waals surface area contributed by atoms with Gasteiger partial charge in [0.15, 0.2) is 0 Å². The quantitative estimate of drug-likeness (QED) is 0.526. The van der Waals surface area contributed by atoms with Gasteiger partial charge in [0.25, 0.3) is 0 Å². The summed E-state index contributed by atoms with van der Waals surface area (Å²) in [6.07, 6.45) is 5.46. The van der Waals surface area contributed by atoms with Crippen molar-refractivity contribution in [3.05, 3.63) is 24.3 Å². The maximum Gasteiger partial charge on any atom is 0.408 e. The van der Waals surface area contributed by atoms with E-state index in [4.69, 9.17) is 9.47 Å². The van der Waals surface area contributed by atoms with Gasteiger partial charge in [-0.2, -0.15) is 0 Å². The summed E-state index contributed by atoms with van der Waals surface area (Å²) in [5.41, 5.74) is 0.313. The van der Waals surface area contributed by atoms with Crippen molar-refractivity contribution >= 4 is 12.1 Å². The molecular formula is C19H33NO4. The van der Waals surface area contributed by atoms with Crippen LogP contribution in [0, 0.1) is 5.41 Å². The summed E-state index contributed by atoms with van der Waals surface area (Å²) >= 11 is 0. The first-order valence-electron chi connectivity index (χ1n) is 8.27. The zero-order valence-corrected chi connectivity index (χ0v) is 16.2. The molecule has 24 heavy (non-hydrogen) atoms. The summed E-state index contributed by atoms with van der Waals surface area (Å²) in [5, 5.41) is 2.61. The monoisotopic (exact) mass is 339 g/mol. The molecule has 0 bridgehead atoms. The van der Waals surface area contributed by atoms with Gasteiger partial charge < -0.3 is 14.8 Å². The highest BCUT2D eigenvalue weighted by atomic mass is 16.6. The van der Waals surface area contributed by atoms with Crippen molar-refractivity contribution in [3.63, 3.8) is 0 Å². The molecule has 0 aromatic rings. The second-order valence-electron chi connectivity index (χ2n) is 7.60. The van der Waals surface area contributed by atoms with E-state index in [2.05, 4.69) is 18.0 Å². The van der Waals surface area contributed by atoms with Gasteiger partial charge in [-0.15, -0.1) is 6.58 Å². The smallest absolute Gasteiger partial charge is 0.408 e. The number of carbonyl (C=O) groups excluding carboxylic acids is 2. The molecule has 1 N–H and O–H groups in total. The number of carbonyl (C=O) groups is 2. The molecule has 0 aliphatic carbocycles. The highest BCUT2D eigenvalue weighted by Crippen LogP contribution is 2.31.